The van der Waals surface area contributed by atoms with Crippen molar-refractivity contribution in [2.45, 2.75) is 44.2 Å². The van der Waals surface area contributed by atoms with Crippen LogP contribution in [0.15, 0.2) is 42.5 Å². The molecule has 5 rings (SSSR count). The summed E-state index contributed by atoms with van der Waals surface area (Å²) in [6, 6.07) is 13.2. The van der Waals surface area contributed by atoms with E-state index in [4.69, 9.17) is 26.2 Å². The summed E-state index contributed by atoms with van der Waals surface area (Å²) < 4.78 is 11.4. The molecule has 186 valence electrons. The van der Waals surface area contributed by atoms with Crippen LogP contribution in [0.2, 0.25) is 5.02 Å². The van der Waals surface area contributed by atoms with Crippen molar-refractivity contribution < 1.29 is 24.5 Å². The molecule has 0 bridgehead atoms. The molecule has 1 aliphatic carbocycles. The van der Waals surface area contributed by atoms with Crippen LogP contribution in [0, 0.1) is 5.92 Å². The molecule has 0 saturated heterocycles. The molecule has 3 N–H and O–H groups in total. The summed E-state index contributed by atoms with van der Waals surface area (Å²) in [5.74, 6) is 1.14. The number of benzene rings is 2. The fraction of sp³-hybridized carbons (Fsp3) is 0.444. The zero-order valence-corrected chi connectivity index (χ0v) is 20.3. The van der Waals surface area contributed by atoms with Gasteiger partial charge >= 0.3 is 6.09 Å². The van der Waals surface area contributed by atoms with Crippen molar-refractivity contribution in [3.8, 4) is 5.75 Å². The second-order valence-corrected chi connectivity index (χ2v) is 9.91. The minimum atomic E-state index is -0.787. The lowest BCUT2D eigenvalue weighted by molar-refractivity contribution is 0.0620. The first-order valence-corrected chi connectivity index (χ1v) is 12.7. The van der Waals surface area contributed by atoms with E-state index < -0.39 is 6.10 Å². The number of fused-ring (bicyclic) bond motifs is 3. The van der Waals surface area contributed by atoms with Crippen molar-refractivity contribution in [3.63, 3.8) is 0 Å². The standard InChI is InChI=1S/C27H31ClN2O5/c28-19-6-9-24-23(14-19)22-10-12-30(27(33)35-16-17-2-1-3-17)26(25(22)29-24)18-4-7-21(8-5-18)34-13-11-20(32)15-31/h4-9,14,17,20,26,29,31-32H,1-3,10-13,15-16H2/t20-,26-/m0/s1. The third-order valence-corrected chi connectivity index (χ3v) is 7.35. The molecule has 1 saturated carbocycles. The number of hydrogen-bond donors (Lipinski definition) is 3. The van der Waals surface area contributed by atoms with Gasteiger partial charge in [-0.3, -0.25) is 4.90 Å². The number of carbonyl (C=O) groups is 1. The Hall–Kier alpha value is -2.74. The van der Waals surface area contributed by atoms with Crippen molar-refractivity contribution in [1.29, 1.82) is 0 Å². The lowest BCUT2D eigenvalue weighted by atomic mass is 9.86. The Balaban J connectivity index is 1.42. The average molecular weight is 499 g/mol. The molecule has 2 aromatic carbocycles. The first-order chi connectivity index (χ1) is 17.0. The number of carbonyl (C=O) groups excluding carboxylic acids is 1. The number of aliphatic hydroxyl groups is 2. The highest BCUT2D eigenvalue weighted by Gasteiger charge is 2.36. The van der Waals surface area contributed by atoms with E-state index in [2.05, 4.69) is 4.98 Å². The van der Waals surface area contributed by atoms with Crippen LogP contribution < -0.4 is 4.74 Å². The number of aromatic amines is 1. The molecule has 3 aromatic rings. The zero-order chi connectivity index (χ0) is 24.4. The smallest absolute Gasteiger partial charge is 0.410 e. The molecule has 7 nitrogen and oxygen atoms in total. The van der Waals surface area contributed by atoms with Gasteiger partial charge in [-0.25, -0.2) is 4.79 Å². The monoisotopic (exact) mass is 498 g/mol. The Bertz CT molecular complexity index is 1170. The van der Waals surface area contributed by atoms with Crippen LogP contribution in [0.1, 0.15) is 48.5 Å². The second-order valence-electron chi connectivity index (χ2n) is 9.47. The van der Waals surface area contributed by atoms with Crippen molar-refractivity contribution in [2.24, 2.45) is 5.92 Å². The van der Waals surface area contributed by atoms with Crippen LogP contribution >= 0.6 is 11.6 Å². The number of halogens is 1. The van der Waals surface area contributed by atoms with Crippen LogP contribution in [0.25, 0.3) is 10.9 Å². The number of ether oxygens (including phenoxy) is 2. The van der Waals surface area contributed by atoms with E-state index in [9.17, 15) is 9.90 Å². The third kappa shape index (κ3) is 5.13. The third-order valence-electron chi connectivity index (χ3n) is 7.12. The summed E-state index contributed by atoms with van der Waals surface area (Å²) in [6.07, 6.45) is 3.46. The molecule has 1 fully saturated rings. The molecule has 1 amide bonds. The molecule has 2 aliphatic rings. The summed E-state index contributed by atoms with van der Waals surface area (Å²) in [6.45, 7) is 1.05. The number of hydrogen-bond acceptors (Lipinski definition) is 5. The summed E-state index contributed by atoms with van der Waals surface area (Å²) in [5.41, 5.74) is 4.10. The summed E-state index contributed by atoms with van der Waals surface area (Å²) in [5, 5.41) is 20.2. The molecule has 0 spiro atoms. The Morgan fingerprint density at radius 2 is 2.00 bits per heavy atom. The number of amides is 1. The lowest BCUT2D eigenvalue weighted by Gasteiger charge is -2.36. The van der Waals surface area contributed by atoms with Gasteiger partial charge in [0.05, 0.1) is 25.9 Å². The molecule has 8 heteroatoms. The van der Waals surface area contributed by atoms with Crippen LogP contribution in [0.3, 0.4) is 0 Å². The fourth-order valence-corrected chi connectivity index (χ4v) is 5.06. The van der Waals surface area contributed by atoms with Gasteiger partial charge in [0.15, 0.2) is 0 Å². The summed E-state index contributed by atoms with van der Waals surface area (Å²) in [4.78, 5) is 18.6. The SMILES string of the molecule is O=C(OCC1CCC1)N1CCc2c([nH]c3ccc(Cl)cc23)[C@@H]1c1ccc(OCC[C@H](O)CO)cc1. The highest BCUT2D eigenvalue weighted by molar-refractivity contribution is 6.31. The van der Waals surface area contributed by atoms with Gasteiger partial charge in [0.1, 0.15) is 11.8 Å². The maximum Gasteiger partial charge on any atom is 0.410 e. The van der Waals surface area contributed by atoms with E-state index in [1.165, 1.54) is 12.0 Å². The van der Waals surface area contributed by atoms with Crippen molar-refractivity contribution in [3.05, 3.63) is 64.3 Å². The summed E-state index contributed by atoms with van der Waals surface area (Å²) in [7, 11) is 0. The van der Waals surface area contributed by atoms with E-state index in [0.29, 0.717) is 42.9 Å². The zero-order valence-electron chi connectivity index (χ0n) is 19.6. The predicted molar refractivity (Wildman–Crippen MR) is 134 cm³/mol. The average Bonchev–Trinajstić information content (AvgIpc) is 3.20. The molecule has 35 heavy (non-hydrogen) atoms. The quantitative estimate of drug-likeness (QED) is 0.413. The van der Waals surface area contributed by atoms with Gasteiger partial charge < -0.3 is 24.7 Å². The van der Waals surface area contributed by atoms with Crippen LogP contribution in [0.5, 0.6) is 5.75 Å². The summed E-state index contributed by atoms with van der Waals surface area (Å²) >= 11 is 6.29. The highest BCUT2D eigenvalue weighted by atomic mass is 35.5. The Morgan fingerprint density at radius 1 is 1.20 bits per heavy atom. The lowest BCUT2D eigenvalue weighted by Crippen LogP contribution is -2.41. The second kappa shape index (κ2) is 10.5. The van der Waals surface area contributed by atoms with Crippen LogP contribution in [-0.4, -0.2) is 58.7 Å². The van der Waals surface area contributed by atoms with E-state index in [-0.39, 0.29) is 18.7 Å². The Labute approximate surface area is 209 Å². The largest absolute Gasteiger partial charge is 0.493 e. The molecule has 1 aliphatic heterocycles. The molecule has 0 unspecified atom stereocenters. The van der Waals surface area contributed by atoms with Gasteiger partial charge in [0.2, 0.25) is 0 Å². The maximum atomic E-state index is 13.2. The number of nitrogens with one attached hydrogen (secondary N) is 1. The van der Waals surface area contributed by atoms with Crippen LogP contribution in [0.4, 0.5) is 4.79 Å². The molecule has 2 heterocycles. The van der Waals surface area contributed by atoms with Crippen LogP contribution in [-0.2, 0) is 11.2 Å². The Morgan fingerprint density at radius 3 is 2.71 bits per heavy atom. The van der Waals surface area contributed by atoms with E-state index >= 15 is 0 Å². The predicted octanol–water partition coefficient (Wildman–Crippen LogP) is 4.83. The molecular formula is C27H31ClN2O5. The van der Waals surface area contributed by atoms with Gasteiger partial charge in [-0.2, -0.15) is 0 Å². The highest BCUT2D eigenvalue weighted by Crippen LogP contribution is 2.40. The number of rotatable bonds is 8. The van der Waals surface area contributed by atoms with E-state index in [1.54, 1.807) is 0 Å². The van der Waals surface area contributed by atoms with Gasteiger partial charge in [-0.05, 0) is 66.6 Å². The van der Waals surface area contributed by atoms with Gasteiger partial charge in [0.25, 0.3) is 0 Å². The Kier molecular flexibility index (Phi) is 7.18. The first kappa shape index (κ1) is 24.0. The molecular weight excluding hydrogens is 468 g/mol. The maximum absolute atomic E-state index is 13.2. The molecule has 1 aromatic heterocycles. The van der Waals surface area contributed by atoms with Gasteiger partial charge in [-0.15, -0.1) is 0 Å². The van der Waals surface area contributed by atoms with Gasteiger partial charge in [0, 0.05) is 34.6 Å². The number of H-pyrrole nitrogens is 1. The molecule has 2 atom stereocenters. The normalized spacial score (nSPS) is 18.7. The van der Waals surface area contributed by atoms with E-state index in [0.717, 1.165) is 41.4 Å². The molecule has 0 radical (unpaired) electrons. The number of aromatic nitrogens is 1. The number of aliphatic hydroxyl groups excluding tert-OH is 2. The van der Waals surface area contributed by atoms with Crippen molar-refractivity contribution in [1.82, 2.24) is 9.88 Å². The van der Waals surface area contributed by atoms with Crippen molar-refractivity contribution in [2.75, 3.05) is 26.4 Å². The first-order valence-electron chi connectivity index (χ1n) is 12.3. The topological polar surface area (TPSA) is 95.0 Å². The minimum absolute atomic E-state index is 0.283. The van der Waals surface area contributed by atoms with E-state index in [1.807, 2.05) is 47.4 Å². The number of nitrogens with zero attached hydrogens (tertiary/aromatic N) is 1. The fourth-order valence-electron chi connectivity index (χ4n) is 4.89. The van der Waals surface area contributed by atoms with Gasteiger partial charge in [-0.1, -0.05) is 30.2 Å². The van der Waals surface area contributed by atoms with Crippen molar-refractivity contribution >= 4 is 28.6 Å². The minimum Gasteiger partial charge on any atom is -0.493 e.